The third-order valence-corrected chi connectivity index (χ3v) is 2.28. The van der Waals surface area contributed by atoms with E-state index in [-0.39, 0.29) is 29.4 Å². The predicted octanol–water partition coefficient (Wildman–Crippen LogP) is 1.10. The molecule has 0 aliphatic rings. The number of carbonyl (C=O) groups excluding carboxylic acids is 1. The summed E-state index contributed by atoms with van der Waals surface area (Å²) in [6, 6.07) is 0. The van der Waals surface area contributed by atoms with Gasteiger partial charge in [0.1, 0.15) is 0 Å². The Kier molecular flexibility index (Phi) is 4.37. The minimum Gasteiger partial charge on any atom is -0.467 e. The maximum Gasteiger partial charge on any atom is 0.293 e. The van der Waals surface area contributed by atoms with Gasteiger partial charge in [-0.1, -0.05) is 20.8 Å². The normalized spacial score (nSPS) is 13.5. The van der Waals surface area contributed by atoms with Crippen molar-refractivity contribution < 1.29 is 14.5 Å². The molecule has 0 aromatic heterocycles. The lowest BCUT2D eigenvalue weighted by Crippen LogP contribution is -2.32. The summed E-state index contributed by atoms with van der Waals surface area (Å²) in [6.45, 7) is 5.92. The van der Waals surface area contributed by atoms with E-state index in [4.69, 9.17) is 0 Å². The van der Waals surface area contributed by atoms with Crippen molar-refractivity contribution in [1.29, 1.82) is 0 Å². The molecule has 5 heteroatoms. The molecule has 0 radical (unpaired) electrons. The fourth-order valence-corrected chi connectivity index (χ4v) is 0.862. The molecule has 0 saturated heterocycles. The number of carbonyl (C=O) groups is 1. The summed E-state index contributed by atoms with van der Waals surface area (Å²) in [5.74, 6) is -0.123. The second kappa shape index (κ2) is 4.79. The summed E-state index contributed by atoms with van der Waals surface area (Å²) >= 11 is 0. The summed E-state index contributed by atoms with van der Waals surface area (Å²) in [5, 5.41) is 10.2. The second-order valence-electron chi connectivity index (χ2n) is 3.81. The third-order valence-electron chi connectivity index (χ3n) is 2.28. The summed E-state index contributed by atoms with van der Waals surface area (Å²) < 4.78 is 4.60. The van der Waals surface area contributed by atoms with E-state index in [1.54, 1.807) is 6.92 Å². The molecule has 76 valence electrons. The Morgan fingerprint density at radius 2 is 2.23 bits per heavy atom. The summed E-state index contributed by atoms with van der Waals surface area (Å²) in [5.41, 5.74) is -0.353. The van der Waals surface area contributed by atoms with Crippen molar-refractivity contribution in [2.45, 2.75) is 20.8 Å². The van der Waals surface area contributed by atoms with E-state index in [1.807, 2.05) is 13.8 Å². The van der Waals surface area contributed by atoms with Gasteiger partial charge < -0.3 is 4.74 Å². The topological polar surface area (TPSA) is 69.4 Å². The Bertz CT molecular complexity index is 191. The number of nitrogens with zero attached hydrogens (tertiary/aromatic N) is 1. The lowest BCUT2D eigenvalue weighted by Gasteiger charge is -2.27. The maximum absolute atomic E-state index is 10.2. The largest absolute Gasteiger partial charge is 0.467 e. The van der Waals surface area contributed by atoms with Crippen molar-refractivity contribution in [3.63, 3.8) is 0 Å². The number of hydrogen-bond acceptors (Lipinski definition) is 4. The quantitative estimate of drug-likeness (QED) is 0.353. The average molecular weight is 185 g/mol. The molecule has 0 fully saturated rings. The number of rotatable bonds is 6. The van der Waals surface area contributed by atoms with Crippen molar-refractivity contribution in [3.8, 4) is 0 Å². The van der Waals surface area contributed by atoms with Crippen molar-refractivity contribution in [3.05, 3.63) is 10.1 Å². The van der Waals surface area contributed by atoms with Gasteiger partial charge in [-0.15, -0.1) is 0 Å². The van der Waals surface area contributed by atoms with E-state index < -0.39 is 0 Å². The van der Waals surface area contributed by atoms with E-state index in [0.29, 0.717) is 6.47 Å². The summed E-state index contributed by atoms with van der Waals surface area (Å²) in [6.07, 6.45) is 0. The van der Waals surface area contributed by atoms with Crippen LogP contribution in [0.4, 0.5) is 0 Å². The second-order valence-corrected chi connectivity index (χ2v) is 3.81. The van der Waals surface area contributed by atoms with Gasteiger partial charge in [-0.3, -0.25) is 14.9 Å². The van der Waals surface area contributed by atoms with Gasteiger partial charge in [0.15, 0.2) is 0 Å². The van der Waals surface area contributed by atoms with E-state index in [1.165, 1.54) is 0 Å². The highest BCUT2D eigenvalue weighted by Gasteiger charge is 2.30. The molecule has 0 spiro atoms. The molecule has 0 bridgehead atoms. The van der Waals surface area contributed by atoms with Crippen molar-refractivity contribution in [2.75, 3.05) is 13.2 Å². The first-order valence-electron chi connectivity index (χ1n) is 4.07. The molecule has 0 N–H and O–H groups in total. The zero-order valence-corrected chi connectivity index (χ0v) is 8.15. The molecule has 0 amide bonds. The monoisotopic (exact) mass is 185 g/mol. The van der Waals surface area contributed by atoms with Crippen LogP contribution in [-0.4, -0.2) is 24.5 Å². The Morgan fingerprint density at radius 1 is 1.69 bits per heavy atom. The van der Waals surface area contributed by atoms with Crippen LogP contribution >= 0.6 is 0 Å². The molecule has 0 aliphatic heterocycles. The van der Waals surface area contributed by atoms with E-state index in [2.05, 4.69) is 4.74 Å². The third kappa shape index (κ3) is 4.45. The zero-order chi connectivity index (χ0) is 10.5. The number of ether oxygens (including phenoxy) is 1. The van der Waals surface area contributed by atoms with Gasteiger partial charge >= 0.3 is 0 Å². The van der Waals surface area contributed by atoms with Crippen LogP contribution in [0.25, 0.3) is 0 Å². The Morgan fingerprint density at radius 3 is 2.62 bits per heavy atom. The molecule has 1 atom stereocenters. The molecule has 0 aromatic carbocycles. The lowest BCUT2D eigenvalue weighted by atomic mass is 9.80. The molecule has 13 heavy (non-hydrogen) atoms. The molecule has 0 saturated carbocycles. The van der Waals surface area contributed by atoms with Gasteiger partial charge in [0.2, 0.25) is 6.54 Å². The fraction of sp³-hybridized carbons (Fsp3) is 0.875. The van der Waals surface area contributed by atoms with Gasteiger partial charge in [-0.05, 0) is 0 Å². The Labute approximate surface area is 77.2 Å². The highest BCUT2D eigenvalue weighted by atomic mass is 16.6. The highest BCUT2D eigenvalue weighted by molar-refractivity contribution is 5.36. The van der Waals surface area contributed by atoms with Crippen LogP contribution in [0.1, 0.15) is 20.8 Å². The van der Waals surface area contributed by atoms with Crippen molar-refractivity contribution >= 4 is 6.47 Å². The molecular formula is C8H15NO4. The molecular weight excluding hydrogens is 170 g/mol. The first-order chi connectivity index (χ1) is 5.90. The highest BCUT2D eigenvalue weighted by Crippen LogP contribution is 2.26. The fourth-order valence-electron chi connectivity index (χ4n) is 0.862. The van der Waals surface area contributed by atoms with Gasteiger partial charge in [-0.25, -0.2) is 0 Å². The van der Waals surface area contributed by atoms with Gasteiger partial charge in [0, 0.05) is 16.3 Å². The molecule has 0 rings (SSSR count). The molecule has 5 nitrogen and oxygen atoms in total. The van der Waals surface area contributed by atoms with Crippen LogP contribution < -0.4 is 0 Å². The molecule has 1 unspecified atom stereocenters. The van der Waals surface area contributed by atoms with Crippen LogP contribution in [-0.2, 0) is 9.53 Å². The molecule has 0 aromatic rings. The first-order valence-corrected chi connectivity index (χ1v) is 4.07. The number of nitro groups is 1. The summed E-state index contributed by atoms with van der Waals surface area (Å²) in [7, 11) is 0. The van der Waals surface area contributed by atoms with Crippen molar-refractivity contribution in [1.82, 2.24) is 0 Å². The van der Waals surface area contributed by atoms with Crippen LogP contribution in [0.2, 0.25) is 0 Å². The van der Waals surface area contributed by atoms with Gasteiger partial charge in [0.25, 0.3) is 6.47 Å². The zero-order valence-electron chi connectivity index (χ0n) is 8.15. The standard InChI is InChI=1S/C8H15NO4/c1-7(4-9(11)12)8(2,3)5-13-6-10/h6-7H,4-5H2,1-3H3/i10-2,13-2. The minimum absolute atomic E-state index is 0.102. The number of hydrogen-bond donors (Lipinski definition) is 0. The maximum atomic E-state index is 10.2. The Balaban J connectivity index is 4.08. The lowest BCUT2D eigenvalue weighted by molar-refractivity contribution is -0.491. The SMILES string of the molecule is CC(C[N+](=O)[O-])C(C)(C)C[14O]C=[14O]. The van der Waals surface area contributed by atoms with Crippen LogP contribution in [0, 0.1) is 21.4 Å². The Hall–Kier alpha value is -1.13. The van der Waals surface area contributed by atoms with Gasteiger partial charge in [0.05, 0.1) is 6.61 Å². The molecule has 0 aliphatic carbocycles. The van der Waals surface area contributed by atoms with Crippen LogP contribution in [0.5, 0.6) is 0 Å². The predicted molar refractivity (Wildman–Crippen MR) is 46.8 cm³/mol. The van der Waals surface area contributed by atoms with Crippen LogP contribution in [0.3, 0.4) is 0 Å². The van der Waals surface area contributed by atoms with Crippen molar-refractivity contribution in [2.24, 2.45) is 11.3 Å². The van der Waals surface area contributed by atoms with Crippen LogP contribution in [0.15, 0.2) is 0 Å². The average Bonchev–Trinajstić information content (AvgIpc) is 1.99. The smallest absolute Gasteiger partial charge is 0.293 e. The summed E-state index contributed by atoms with van der Waals surface area (Å²) in [4.78, 5) is 19.8. The van der Waals surface area contributed by atoms with Gasteiger partial charge in [-0.2, -0.15) is 0 Å². The molecule has 0 heterocycles. The van der Waals surface area contributed by atoms with E-state index >= 15 is 0 Å². The van der Waals surface area contributed by atoms with E-state index in [9.17, 15) is 14.9 Å². The minimum atomic E-state index is -0.354. The van der Waals surface area contributed by atoms with E-state index in [0.717, 1.165) is 0 Å². The first kappa shape index (κ1) is 11.9.